The highest BCUT2D eigenvalue weighted by Crippen LogP contribution is 2.50. The summed E-state index contributed by atoms with van der Waals surface area (Å²) in [7, 11) is 0. The molecule has 0 radical (unpaired) electrons. The second-order valence-corrected chi connectivity index (χ2v) is 19.0. The predicted molar refractivity (Wildman–Crippen MR) is 269 cm³/mol. The molecule has 0 aliphatic heterocycles. The Morgan fingerprint density at radius 2 is 1.14 bits per heavy atom. The Bertz CT molecular complexity index is 2520. The van der Waals surface area contributed by atoms with E-state index in [0.29, 0.717) is 0 Å². The molecule has 6 nitrogen and oxygen atoms in total. The molecule has 0 spiro atoms. The van der Waals surface area contributed by atoms with Gasteiger partial charge >= 0.3 is 5.97 Å². The molecule has 4 aromatic carbocycles. The number of nitrogens with zero attached hydrogens (tertiary/aromatic N) is 2. The number of ether oxygens (including phenoxy) is 2. The number of carboxylic acid groups (broad SMARTS) is 1. The lowest BCUT2D eigenvalue weighted by molar-refractivity contribution is -0.132. The summed E-state index contributed by atoms with van der Waals surface area (Å²) in [6.45, 7) is 8.10. The Morgan fingerprint density at radius 3 is 1.65 bits per heavy atom. The molecule has 0 saturated carbocycles. The lowest BCUT2D eigenvalue weighted by atomic mass is 9.95. The van der Waals surface area contributed by atoms with E-state index in [9.17, 15) is 15.2 Å². The third kappa shape index (κ3) is 11.2. The maximum atomic E-state index is 11.9. The van der Waals surface area contributed by atoms with Crippen molar-refractivity contribution in [3.63, 3.8) is 0 Å². The maximum absolute atomic E-state index is 11.9. The first-order chi connectivity index (χ1) is 30.9. The highest BCUT2D eigenvalue weighted by molar-refractivity contribution is 7.21. The molecule has 0 amide bonds. The zero-order chi connectivity index (χ0) is 44.0. The predicted octanol–water partition coefficient (Wildman–Crippen LogP) is 17.0. The fraction of sp³-hybridized carbons (Fsp3) is 0.333. The maximum Gasteiger partial charge on any atom is 0.346 e. The molecule has 326 valence electrons. The van der Waals surface area contributed by atoms with Gasteiger partial charge < -0.3 is 19.5 Å². The Kier molecular flexibility index (Phi) is 16.5. The van der Waals surface area contributed by atoms with Gasteiger partial charge in [-0.3, -0.25) is 0 Å². The summed E-state index contributed by atoms with van der Waals surface area (Å²) in [4.78, 5) is 16.2. The van der Waals surface area contributed by atoms with Gasteiger partial charge in [0.1, 0.15) is 23.1 Å². The summed E-state index contributed by atoms with van der Waals surface area (Å²) in [6.07, 6.45) is 16.2. The highest BCUT2D eigenvalue weighted by Gasteiger charge is 2.22. The van der Waals surface area contributed by atoms with Gasteiger partial charge in [0.05, 0.1) is 13.2 Å². The molecule has 7 rings (SSSR count). The van der Waals surface area contributed by atoms with Crippen molar-refractivity contribution in [3.8, 4) is 39.1 Å². The summed E-state index contributed by atoms with van der Waals surface area (Å²) in [6, 6.07) is 34.4. The zero-order valence-corrected chi connectivity index (χ0v) is 39.2. The van der Waals surface area contributed by atoms with Gasteiger partial charge in [0.2, 0.25) is 0 Å². The van der Waals surface area contributed by atoms with Gasteiger partial charge in [-0.15, -0.1) is 34.0 Å². The number of thiophene rings is 3. The van der Waals surface area contributed by atoms with Gasteiger partial charge in [-0.05, 0) is 133 Å². The summed E-state index contributed by atoms with van der Waals surface area (Å²) in [5.74, 6) is 0.563. The molecule has 63 heavy (non-hydrogen) atoms. The smallest absolute Gasteiger partial charge is 0.346 e. The van der Waals surface area contributed by atoms with E-state index >= 15 is 0 Å². The van der Waals surface area contributed by atoms with Crippen molar-refractivity contribution in [2.24, 2.45) is 0 Å². The first-order valence-electron chi connectivity index (χ1n) is 22.7. The van der Waals surface area contributed by atoms with Crippen LogP contribution in [-0.4, -0.2) is 24.3 Å². The topological polar surface area (TPSA) is 82.8 Å². The number of hydrogen-bond donors (Lipinski definition) is 1. The molecule has 0 aliphatic rings. The number of hydrogen-bond acceptors (Lipinski definition) is 8. The molecule has 3 heterocycles. The fourth-order valence-electron chi connectivity index (χ4n) is 8.12. The Morgan fingerprint density at radius 1 is 0.651 bits per heavy atom. The second-order valence-electron chi connectivity index (χ2n) is 16.1. The first-order valence-corrected chi connectivity index (χ1v) is 25.3. The Hall–Kier alpha value is -5.40. The van der Waals surface area contributed by atoms with Crippen LogP contribution in [0.1, 0.15) is 108 Å². The van der Waals surface area contributed by atoms with E-state index in [2.05, 4.69) is 127 Å². The van der Waals surface area contributed by atoms with Crippen LogP contribution in [0.3, 0.4) is 0 Å². The second kappa shape index (κ2) is 22.8. The monoisotopic (exact) mass is 894 g/mol. The standard InChI is InChI=1S/C54H58N2O4S3/c1-4-7-10-13-16-39-35-49(63-48(39)36-40(37-55)54(57)58)51-47-30-34-61-52(47)50(46-29-33-62-53(46)51)38-17-19-41(20-18-38)56(42-21-25-44(26-22-42)59-31-14-11-8-5-2)43-23-27-45(28-24-43)60-32-15-12-9-6-3/h17-30,33-36H,4-16,31-32H2,1-3H3,(H,57,58)/b40-36+. The summed E-state index contributed by atoms with van der Waals surface area (Å²) < 4.78 is 14.7. The van der Waals surface area contributed by atoms with E-state index < -0.39 is 5.97 Å². The minimum atomic E-state index is -1.20. The van der Waals surface area contributed by atoms with Crippen LogP contribution in [0.15, 0.2) is 107 Å². The SMILES string of the molecule is CCCCCCOc1ccc(N(c2ccc(OCCCCCC)cc2)c2ccc(-c3c4ccsc4c(-c4cc(CCCCCC)c(/C=C(\C#N)C(=O)O)s4)c4ccsc34)cc2)cc1. The Balaban J connectivity index is 1.23. The number of unbranched alkanes of at least 4 members (excludes halogenated alkanes) is 9. The highest BCUT2D eigenvalue weighted by atomic mass is 32.1. The van der Waals surface area contributed by atoms with Gasteiger partial charge in [0, 0.05) is 58.1 Å². The fourth-order valence-corrected chi connectivity index (χ4v) is 11.4. The van der Waals surface area contributed by atoms with Crippen LogP contribution in [0, 0.1) is 11.3 Å². The number of carboxylic acids is 1. The van der Waals surface area contributed by atoms with Gasteiger partial charge in [-0.2, -0.15) is 5.26 Å². The number of anilines is 3. The van der Waals surface area contributed by atoms with Crippen molar-refractivity contribution >= 4 is 83.3 Å². The molecular formula is C54H58N2O4S3. The van der Waals surface area contributed by atoms with E-state index in [-0.39, 0.29) is 5.57 Å². The average Bonchev–Trinajstić information content (AvgIpc) is 4.08. The molecule has 0 unspecified atom stereocenters. The van der Waals surface area contributed by atoms with Crippen LogP contribution in [0.4, 0.5) is 17.1 Å². The molecule has 0 aliphatic carbocycles. The zero-order valence-electron chi connectivity index (χ0n) is 36.8. The largest absolute Gasteiger partial charge is 0.494 e. The van der Waals surface area contributed by atoms with Crippen molar-refractivity contribution in [2.75, 3.05) is 18.1 Å². The number of rotatable bonds is 24. The molecule has 7 aromatic rings. The molecule has 3 aromatic heterocycles. The molecule has 0 bridgehead atoms. The summed E-state index contributed by atoms with van der Waals surface area (Å²) >= 11 is 5.08. The van der Waals surface area contributed by atoms with E-state index in [0.717, 1.165) is 108 Å². The molecule has 1 N–H and O–H groups in total. The molecule has 0 atom stereocenters. The van der Waals surface area contributed by atoms with Crippen LogP contribution < -0.4 is 14.4 Å². The van der Waals surface area contributed by atoms with Crippen LogP contribution >= 0.6 is 34.0 Å². The van der Waals surface area contributed by atoms with E-state index in [4.69, 9.17) is 9.47 Å². The quantitative estimate of drug-likeness (QED) is 0.0370. The van der Waals surface area contributed by atoms with Crippen molar-refractivity contribution < 1.29 is 19.4 Å². The number of aryl methyl sites for hydroxylation is 1. The molecule has 0 saturated heterocycles. The van der Waals surface area contributed by atoms with Gasteiger partial charge in [0.15, 0.2) is 0 Å². The average molecular weight is 895 g/mol. The van der Waals surface area contributed by atoms with E-state index in [1.165, 1.54) is 69.8 Å². The van der Waals surface area contributed by atoms with E-state index in [1.54, 1.807) is 40.1 Å². The number of benzene rings is 4. The number of aliphatic carboxylic acids is 1. The number of carbonyl (C=O) groups is 1. The van der Waals surface area contributed by atoms with Gasteiger partial charge in [-0.1, -0.05) is 90.7 Å². The van der Waals surface area contributed by atoms with E-state index in [1.807, 2.05) is 6.07 Å². The summed E-state index contributed by atoms with van der Waals surface area (Å²) in [5, 5.41) is 26.1. The van der Waals surface area contributed by atoms with Gasteiger partial charge in [-0.25, -0.2) is 4.79 Å². The van der Waals surface area contributed by atoms with Crippen LogP contribution in [0.25, 0.3) is 47.8 Å². The van der Waals surface area contributed by atoms with Crippen molar-refractivity contribution in [2.45, 2.75) is 104 Å². The third-order valence-electron chi connectivity index (χ3n) is 11.5. The summed E-state index contributed by atoms with van der Waals surface area (Å²) in [5.41, 5.74) is 7.53. The normalized spacial score (nSPS) is 11.6. The van der Waals surface area contributed by atoms with Crippen LogP contribution in [0.5, 0.6) is 11.5 Å². The number of nitriles is 1. The van der Waals surface area contributed by atoms with Crippen LogP contribution in [-0.2, 0) is 11.2 Å². The minimum Gasteiger partial charge on any atom is -0.494 e. The van der Waals surface area contributed by atoms with Crippen LogP contribution in [0.2, 0.25) is 0 Å². The molecule has 9 heteroatoms. The molecule has 0 fully saturated rings. The van der Waals surface area contributed by atoms with Crippen molar-refractivity contribution in [1.29, 1.82) is 5.26 Å². The number of fused-ring (bicyclic) bond motifs is 2. The first kappa shape index (κ1) is 45.6. The lowest BCUT2D eigenvalue weighted by Crippen LogP contribution is -2.10. The van der Waals surface area contributed by atoms with Crippen molar-refractivity contribution in [1.82, 2.24) is 0 Å². The lowest BCUT2D eigenvalue weighted by Gasteiger charge is -2.26. The molecular weight excluding hydrogens is 837 g/mol. The minimum absolute atomic E-state index is 0.240. The third-order valence-corrected chi connectivity index (χ3v) is 14.5. The Labute approximate surface area is 385 Å². The van der Waals surface area contributed by atoms with Crippen molar-refractivity contribution in [3.05, 3.63) is 118 Å². The van der Waals surface area contributed by atoms with Gasteiger partial charge in [0.25, 0.3) is 0 Å².